The molecule has 1 aliphatic rings. The fraction of sp³-hybridized carbons (Fsp3) is 0.765. The smallest absolute Gasteiger partial charge is 0.320 e. The highest BCUT2D eigenvalue weighted by Crippen LogP contribution is 2.23. The van der Waals surface area contributed by atoms with E-state index in [0.717, 1.165) is 43.9 Å². The Morgan fingerprint density at radius 1 is 1.46 bits per heavy atom. The normalized spacial score (nSPS) is 19.3. The van der Waals surface area contributed by atoms with Crippen LogP contribution < -0.4 is 10.6 Å². The van der Waals surface area contributed by atoms with Crippen LogP contribution in [0.2, 0.25) is 0 Å². The molecule has 1 saturated heterocycles. The van der Waals surface area contributed by atoms with Crippen LogP contribution in [-0.2, 0) is 4.74 Å². The zero-order valence-electron chi connectivity index (χ0n) is 15.3. The predicted octanol–water partition coefficient (Wildman–Crippen LogP) is 2.25. The Morgan fingerprint density at radius 2 is 2.21 bits per heavy atom. The van der Waals surface area contributed by atoms with Gasteiger partial charge in [-0.05, 0) is 26.8 Å². The van der Waals surface area contributed by atoms with Crippen molar-refractivity contribution in [3.05, 3.63) is 11.8 Å². The van der Waals surface area contributed by atoms with Gasteiger partial charge in [0.25, 0.3) is 0 Å². The third-order valence-corrected chi connectivity index (χ3v) is 4.59. The van der Waals surface area contributed by atoms with Gasteiger partial charge in [0, 0.05) is 31.1 Å². The van der Waals surface area contributed by atoms with E-state index >= 15 is 0 Å². The van der Waals surface area contributed by atoms with Crippen molar-refractivity contribution in [2.24, 2.45) is 5.92 Å². The molecule has 0 unspecified atom stereocenters. The molecule has 2 heterocycles. The van der Waals surface area contributed by atoms with E-state index in [2.05, 4.69) is 41.5 Å². The van der Waals surface area contributed by atoms with Gasteiger partial charge in [-0.1, -0.05) is 13.8 Å². The van der Waals surface area contributed by atoms with E-state index in [4.69, 9.17) is 4.74 Å². The first-order valence-corrected chi connectivity index (χ1v) is 8.90. The number of hydrogen-bond acceptors (Lipinski definition) is 4. The Kier molecular flexibility index (Phi) is 7.05. The Labute approximate surface area is 144 Å². The Bertz CT molecular complexity index is 527. The standard InChI is InChI=1S/C17H31N5O2/c1-5-15(6-2)22-16(13(3)9-19-22)20-17(23)18-10-14-11-21(4)7-8-24-12-14/h9,14-15H,5-8,10-12H2,1-4H3,(H2,18,20,23)/t14-/m1/s1. The minimum absolute atomic E-state index is 0.183. The molecule has 1 aliphatic heterocycles. The Hall–Kier alpha value is -1.60. The van der Waals surface area contributed by atoms with Crippen molar-refractivity contribution >= 4 is 11.8 Å². The molecule has 0 bridgehead atoms. The number of carbonyl (C=O) groups excluding carboxylic acids is 1. The van der Waals surface area contributed by atoms with Crippen LogP contribution in [0.1, 0.15) is 38.3 Å². The molecule has 2 rings (SSSR count). The lowest BCUT2D eigenvalue weighted by Crippen LogP contribution is -2.38. The van der Waals surface area contributed by atoms with E-state index in [-0.39, 0.29) is 6.03 Å². The number of anilines is 1. The molecule has 0 radical (unpaired) electrons. The molecule has 24 heavy (non-hydrogen) atoms. The average molecular weight is 337 g/mol. The van der Waals surface area contributed by atoms with Crippen molar-refractivity contribution in [1.29, 1.82) is 0 Å². The molecule has 2 amide bonds. The van der Waals surface area contributed by atoms with Gasteiger partial charge >= 0.3 is 6.03 Å². The molecule has 0 aliphatic carbocycles. The number of hydrogen-bond donors (Lipinski definition) is 2. The third kappa shape index (κ3) is 4.95. The maximum atomic E-state index is 12.3. The van der Waals surface area contributed by atoms with Gasteiger partial charge in [0.2, 0.25) is 0 Å². The van der Waals surface area contributed by atoms with Gasteiger partial charge in [0.05, 0.1) is 25.5 Å². The highest BCUT2D eigenvalue weighted by Gasteiger charge is 2.19. The third-order valence-electron chi connectivity index (χ3n) is 4.59. The average Bonchev–Trinajstić information content (AvgIpc) is 2.79. The number of likely N-dealkylation sites (N-methyl/N-ethyl adjacent to an activating group) is 1. The first kappa shape index (κ1) is 18.7. The van der Waals surface area contributed by atoms with Crippen LogP contribution in [0.15, 0.2) is 6.20 Å². The summed E-state index contributed by atoms with van der Waals surface area (Å²) in [7, 11) is 2.08. The molecule has 2 N–H and O–H groups in total. The van der Waals surface area contributed by atoms with Gasteiger partial charge in [-0.15, -0.1) is 0 Å². The van der Waals surface area contributed by atoms with Crippen molar-refractivity contribution in [2.75, 3.05) is 45.2 Å². The van der Waals surface area contributed by atoms with Crippen LogP contribution in [0, 0.1) is 12.8 Å². The number of rotatable bonds is 6. The van der Waals surface area contributed by atoms with Gasteiger partial charge < -0.3 is 15.0 Å². The molecule has 1 aromatic rings. The fourth-order valence-corrected chi connectivity index (χ4v) is 3.08. The predicted molar refractivity (Wildman–Crippen MR) is 95.4 cm³/mol. The summed E-state index contributed by atoms with van der Waals surface area (Å²) in [6.07, 6.45) is 3.78. The van der Waals surface area contributed by atoms with Gasteiger partial charge in [0.15, 0.2) is 0 Å². The monoisotopic (exact) mass is 337 g/mol. The van der Waals surface area contributed by atoms with E-state index in [9.17, 15) is 4.79 Å². The summed E-state index contributed by atoms with van der Waals surface area (Å²) in [5.41, 5.74) is 0.981. The lowest BCUT2D eigenvalue weighted by molar-refractivity contribution is 0.122. The lowest BCUT2D eigenvalue weighted by Gasteiger charge is -2.20. The van der Waals surface area contributed by atoms with Gasteiger partial charge in [0.1, 0.15) is 5.82 Å². The maximum Gasteiger partial charge on any atom is 0.320 e. The first-order valence-electron chi connectivity index (χ1n) is 8.90. The number of urea groups is 1. The molecule has 136 valence electrons. The largest absolute Gasteiger partial charge is 0.380 e. The Morgan fingerprint density at radius 3 is 2.92 bits per heavy atom. The van der Waals surface area contributed by atoms with Crippen molar-refractivity contribution in [2.45, 2.75) is 39.7 Å². The number of nitrogens with zero attached hydrogens (tertiary/aromatic N) is 3. The number of nitrogens with one attached hydrogen (secondary N) is 2. The second kappa shape index (κ2) is 9.03. The number of aryl methyl sites for hydroxylation is 1. The summed E-state index contributed by atoms with van der Waals surface area (Å²) < 4.78 is 7.52. The van der Waals surface area contributed by atoms with Crippen LogP contribution in [0.25, 0.3) is 0 Å². The van der Waals surface area contributed by atoms with Crippen LogP contribution in [0.3, 0.4) is 0 Å². The van der Waals surface area contributed by atoms with Crippen LogP contribution >= 0.6 is 0 Å². The number of ether oxygens (including phenoxy) is 1. The minimum atomic E-state index is -0.183. The Balaban J connectivity index is 1.91. The number of carbonyl (C=O) groups is 1. The van der Waals surface area contributed by atoms with Crippen LogP contribution in [0.5, 0.6) is 0 Å². The van der Waals surface area contributed by atoms with E-state index in [1.807, 2.05) is 17.8 Å². The van der Waals surface area contributed by atoms with E-state index in [0.29, 0.717) is 25.1 Å². The van der Waals surface area contributed by atoms with E-state index < -0.39 is 0 Å². The zero-order valence-corrected chi connectivity index (χ0v) is 15.3. The van der Waals surface area contributed by atoms with Gasteiger partial charge in [-0.3, -0.25) is 5.32 Å². The summed E-state index contributed by atoms with van der Waals surface area (Å²) in [5.74, 6) is 1.10. The van der Waals surface area contributed by atoms with Crippen LogP contribution in [0.4, 0.5) is 10.6 Å². The second-order valence-corrected chi connectivity index (χ2v) is 6.63. The number of aromatic nitrogens is 2. The molecule has 0 aromatic carbocycles. The molecule has 1 fully saturated rings. The molecular formula is C17H31N5O2. The second-order valence-electron chi connectivity index (χ2n) is 6.63. The van der Waals surface area contributed by atoms with E-state index in [1.54, 1.807) is 0 Å². The molecule has 0 saturated carbocycles. The number of amides is 2. The van der Waals surface area contributed by atoms with Gasteiger partial charge in [-0.25, -0.2) is 9.48 Å². The van der Waals surface area contributed by atoms with Crippen molar-refractivity contribution in [3.8, 4) is 0 Å². The van der Waals surface area contributed by atoms with Crippen LogP contribution in [-0.4, -0.2) is 60.6 Å². The minimum Gasteiger partial charge on any atom is -0.380 e. The molecule has 1 aromatic heterocycles. The lowest BCUT2D eigenvalue weighted by atomic mass is 10.1. The molecule has 7 nitrogen and oxygen atoms in total. The quantitative estimate of drug-likeness (QED) is 0.835. The molecule has 7 heteroatoms. The highest BCUT2D eigenvalue weighted by molar-refractivity contribution is 5.89. The SMILES string of the molecule is CCC(CC)n1ncc(C)c1NC(=O)NC[C@H]1COCCN(C)C1. The molecular weight excluding hydrogens is 306 g/mol. The van der Waals surface area contributed by atoms with Crippen molar-refractivity contribution in [1.82, 2.24) is 20.0 Å². The summed E-state index contributed by atoms with van der Waals surface area (Å²) in [5, 5.41) is 10.4. The summed E-state index contributed by atoms with van der Waals surface area (Å²) >= 11 is 0. The first-order chi connectivity index (χ1) is 11.5. The maximum absolute atomic E-state index is 12.3. The highest BCUT2D eigenvalue weighted by atomic mass is 16.5. The zero-order chi connectivity index (χ0) is 17.5. The molecule has 0 spiro atoms. The fourth-order valence-electron chi connectivity index (χ4n) is 3.08. The van der Waals surface area contributed by atoms with Crippen molar-refractivity contribution in [3.63, 3.8) is 0 Å². The topological polar surface area (TPSA) is 71.4 Å². The summed E-state index contributed by atoms with van der Waals surface area (Å²) in [6.45, 7) is 10.2. The van der Waals surface area contributed by atoms with Crippen molar-refractivity contribution < 1.29 is 9.53 Å². The summed E-state index contributed by atoms with van der Waals surface area (Å²) in [6, 6.07) is 0.121. The molecule has 1 atom stereocenters. The van der Waals surface area contributed by atoms with E-state index in [1.165, 1.54) is 0 Å². The van der Waals surface area contributed by atoms with Gasteiger partial charge in [-0.2, -0.15) is 5.10 Å². The summed E-state index contributed by atoms with van der Waals surface area (Å²) in [4.78, 5) is 14.5.